The number of esters is 3. The van der Waals surface area contributed by atoms with Gasteiger partial charge in [0.25, 0.3) is 0 Å². The molecule has 0 spiro atoms. The van der Waals surface area contributed by atoms with Gasteiger partial charge in [-0.1, -0.05) is 245 Å². The minimum absolute atomic E-state index is 0.102. The fraction of sp³-hybridized carbons (Fsp3) is 0.657. The van der Waals surface area contributed by atoms with Crippen LogP contribution >= 0.6 is 0 Å². The summed E-state index contributed by atoms with van der Waals surface area (Å²) in [6, 6.07) is 0. The molecule has 0 aromatic carbocycles. The van der Waals surface area contributed by atoms with Crippen LogP contribution in [0.2, 0.25) is 0 Å². The minimum Gasteiger partial charge on any atom is -0.462 e. The summed E-state index contributed by atoms with van der Waals surface area (Å²) in [5.74, 6) is -0.970. The Kier molecular flexibility index (Phi) is 56.9. The van der Waals surface area contributed by atoms with Gasteiger partial charge in [0.15, 0.2) is 6.10 Å². The molecule has 0 fully saturated rings. The summed E-state index contributed by atoms with van der Waals surface area (Å²) in [6.45, 7) is 6.34. The van der Waals surface area contributed by atoms with Gasteiger partial charge in [-0.25, -0.2) is 0 Å². The number of carbonyl (C=O) groups excluding carboxylic acids is 3. The first-order valence-electron chi connectivity index (χ1n) is 30.0. The van der Waals surface area contributed by atoms with Crippen LogP contribution in [0.1, 0.15) is 265 Å². The summed E-state index contributed by atoms with van der Waals surface area (Å²) in [5, 5.41) is 0. The van der Waals surface area contributed by atoms with Crippen molar-refractivity contribution in [3.8, 4) is 0 Å². The van der Waals surface area contributed by atoms with E-state index in [2.05, 4.69) is 142 Å². The third-order valence-corrected chi connectivity index (χ3v) is 12.4. The largest absolute Gasteiger partial charge is 0.462 e. The lowest BCUT2D eigenvalue weighted by Gasteiger charge is -2.18. The van der Waals surface area contributed by atoms with E-state index in [1.165, 1.54) is 109 Å². The molecule has 0 rings (SSSR count). The zero-order chi connectivity index (χ0) is 52.9. The molecule has 0 aliphatic carbocycles. The predicted octanol–water partition coefficient (Wildman–Crippen LogP) is 20.4. The summed E-state index contributed by atoms with van der Waals surface area (Å²) in [7, 11) is 0. The highest BCUT2D eigenvalue weighted by atomic mass is 16.6. The van der Waals surface area contributed by atoms with E-state index in [0.717, 1.165) is 109 Å². The average Bonchev–Trinajstić information content (AvgIpc) is 3.39. The lowest BCUT2D eigenvalue weighted by Crippen LogP contribution is -2.30. The van der Waals surface area contributed by atoms with Crippen LogP contribution in [-0.2, 0) is 28.6 Å². The monoisotopic (exact) mass is 1010 g/mol. The van der Waals surface area contributed by atoms with Crippen LogP contribution in [0, 0.1) is 0 Å². The van der Waals surface area contributed by atoms with Crippen molar-refractivity contribution >= 4 is 17.9 Å². The van der Waals surface area contributed by atoms with Gasteiger partial charge in [0.05, 0.1) is 0 Å². The molecule has 0 saturated carbocycles. The predicted molar refractivity (Wildman–Crippen MR) is 316 cm³/mol. The maximum Gasteiger partial charge on any atom is 0.306 e. The molecular formula is C67H110O6. The van der Waals surface area contributed by atoms with Crippen molar-refractivity contribution in [1.29, 1.82) is 0 Å². The molecule has 0 aromatic heterocycles. The molecule has 0 bridgehead atoms. The molecule has 6 nitrogen and oxygen atoms in total. The van der Waals surface area contributed by atoms with Crippen LogP contribution in [0.25, 0.3) is 0 Å². The van der Waals surface area contributed by atoms with Gasteiger partial charge in [-0.15, -0.1) is 0 Å². The Bertz CT molecular complexity index is 1540. The fourth-order valence-corrected chi connectivity index (χ4v) is 7.99. The van der Waals surface area contributed by atoms with Gasteiger partial charge in [0.2, 0.25) is 0 Å². The normalized spacial score (nSPS) is 13.0. The smallest absolute Gasteiger partial charge is 0.306 e. The van der Waals surface area contributed by atoms with Gasteiger partial charge in [-0.2, -0.15) is 0 Å². The standard InChI is InChI=1S/C67H110O6/c1-4-7-10-13-16-19-22-25-28-31-33-36-39-42-45-48-51-54-57-60-66(69)72-63-64(62-71-65(68)59-56-53-50-47-44-41-38-35-30-27-24-21-18-15-12-9-6-3)73-67(70)61-58-55-52-49-46-43-40-37-34-32-29-26-23-20-17-14-11-8-5-2/h7-8,10-11,16-21,25-30,38,41,47,50,64H,4-6,9,12-15,22-24,31-37,39-40,42-46,48-49,51-63H2,1-3H3/b10-7-,11-8-,19-16-,20-17-,21-18-,28-25-,29-26-,30-27-,41-38-,50-47-. The first-order chi connectivity index (χ1) is 36.0. The SMILES string of the molecule is CC/C=C\C/C=C\C/C=C\CCCCCCCCCCCC(=O)OCC(COC(=O)CCC/C=C\C/C=C\C/C=C\C/C=C\CCCCC)OC(=O)CCCCCCCCCCC/C=C\C/C=C\C/C=C\CC. The molecule has 6 heteroatoms. The van der Waals surface area contributed by atoms with Crippen molar-refractivity contribution in [2.75, 3.05) is 13.2 Å². The van der Waals surface area contributed by atoms with E-state index >= 15 is 0 Å². The van der Waals surface area contributed by atoms with Crippen molar-refractivity contribution < 1.29 is 28.6 Å². The molecule has 0 amide bonds. The molecular weight excluding hydrogens is 901 g/mol. The van der Waals surface area contributed by atoms with Gasteiger partial charge in [0.1, 0.15) is 13.2 Å². The fourth-order valence-electron chi connectivity index (χ4n) is 7.99. The Hall–Kier alpha value is -4.19. The van der Waals surface area contributed by atoms with Crippen molar-refractivity contribution in [3.05, 3.63) is 122 Å². The zero-order valence-electron chi connectivity index (χ0n) is 47.4. The van der Waals surface area contributed by atoms with Crippen LogP contribution in [0.15, 0.2) is 122 Å². The lowest BCUT2D eigenvalue weighted by molar-refractivity contribution is -0.167. The summed E-state index contributed by atoms with van der Waals surface area (Å²) < 4.78 is 16.9. The number of ether oxygens (including phenoxy) is 3. The average molecular weight is 1010 g/mol. The third kappa shape index (κ3) is 58.6. The second kappa shape index (κ2) is 60.4. The molecule has 0 radical (unpaired) electrons. The summed E-state index contributed by atoms with van der Waals surface area (Å²) in [5.41, 5.74) is 0. The van der Waals surface area contributed by atoms with Crippen LogP contribution in [0.3, 0.4) is 0 Å². The molecule has 73 heavy (non-hydrogen) atoms. The van der Waals surface area contributed by atoms with E-state index in [4.69, 9.17) is 14.2 Å². The molecule has 1 unspecified atom stereocenters. The second-order valence-electron chi connectivity index (χ2n) is 19.5. The highest BCUT2D eigenvalue weighted by molar-refractivity contribution is 5.71. The summed E-state index contributed by atoms with van der Waals surface area (Å²) in [6.07, 6.45) is 83.4. The number of carbonyl (C=O) groups is 3. The van der Waals surface area contributed by atoms with E-state index in [1.54, 1.807) is 0 Å². The summed E-state index contributed by atoms with van der Waals surface area (Å²) in [4.78, 5) is 38.3. The van der Waals surface area contributed by atoms with Gasteiger partial charge in [0, 0.05) is 19.3 Å². The van der Waals surface area contributed by atoms with E-state index < -0.39 is 6.10 Å². The molecule has 0 aromatic rings. The van der Waals surface area contributed by atoms with Crippen molar-refractivity contribution in [2.24, 2.45) is 0 Å². The molecule has 0 aliphatic heterocycles. The van der Waals surface area contributed by atoms with Crippen molar-refractivity contribution in [2.45, 2.75) is 271 Å². The van der Waals surface area contributed by atoms with E-state index in [1.807, 2.05) is 0 Å². The van der Waals surface area contributed by atoms with Gasteiger partial charge in [-0.05, 0) is 122 Å². The zero-order valence-corrected chi connectivity index (χ0v) is 47.4. The minimum atomic E-state index is -0.810. The Morgan fingerprint density at radius 1 is 0.288 bits per heavy atom. The number of hydrogen-bond acceptors (Lipinski definition) is 6. The molecule has 0 saturated heterocycles. The van der Waals surface area contributed by atoms with Crippen molar-refractivity contribution in [3.63, 3.8) is 0 Å². The number of allylic oxidation sites excluding steroid dienone is 20. The maximum absolute atomic E-state index is 12.9. The first kappa shape index (κ1) is 68.8. The maximum atomic E-state index is 12.9. The highest BCUT2D eigenvalue weighted by Gasteiger charge is 2.19. The molecule has 0 N–H and O–H groups in total. The Morgan fingerprint density at radius 2 is 0.548 bits per heavy atom. The number of unbranched alkanes of at least 4 members (excludes halogenated alkanes) is 22. The van der Waals surface area contributed by atoms with Gasteiger partial charge < -0.3 is 14.2 Å². The Labute approximate surface area is 450 Å². The van der Waals surface area contributed by atoms with E-state index in [-0.39, 0.29) is 37.5 Å². The Balaban J connectivity index is 4.48. The molecule has 414 valence electrons. The molecule has 0 heterocycles. The second-order valence-corrected chi connectivity index (χ2v) is 19.5. The molecule has 1 atom stereocenters. The van der Waals surface area contributed by atoms with Crippen LogP contribution in [-0.4, -0.2) is 37.2 Å². The lowest BCUT2D eigenvalue weighted by atomic mass is 10.1. The van der Waals surface area contributed by atoms with Gasteiger partial charge in [-0.3, -0.25) is 14.4 Å². The first-order valence-corrected chi connectivity index (χ1v) is 30.0. The van der Waals surface area contributed by atoms with Gasteiger partial charge >= 0.3 is 17.9 Å². The Morgan fingerprint density at radius 3 is 0.890 bits per heavy atom. The quantitative estimate of drug-likeness (QED) is 0.0261. The van der Waals surface area contributed by atoms with E-state index in [0.29, 0.717) is 19.3 Å². The highest BCUT2D eigenvalue weighted by Crippen LogP contribution is 2.15. The van der Waals surface area contributed by atoms with Crippen LogP contribution < -0.4 is 0 Å². The van der Waals surface area contributed by atoms with Crippen LogP contribution in [0.5, 0.6) is 0 Å². The van der Waals surface area contributed by atoms with Crippen LogP contribution in [0.4, 0.5) is 0 Å². The number of hydrogen-bond donors (Lipinski definition) is 0. The van der Waals surface area contributed by atoms with E-state index in [9.17, 15) is 14.4 Å². The molecule has 0 aliphatic rings. The summed E-state index contributed by atoms with van der Waals surface area (Å²) >= 11 is 0. The number of rotatable bonds is 53. The van der Waals surface area contributed by atoms with Crippen molar-refractivity contribution in [1.82, 2.24) is 0 Å². The topological polar surface area (TPSA) is 78.9 Å². The third-order valence-electron chi connectivity index (χ3n) is 12.4.